The van der Waals surface area contributed by atoms with Crippen LogP contribution < -0.4 is 5.32 Å². The van der Waals surface area contributed by atoms with Gasteiger partial charge in [-0.2, -0.15) is 0 Å². The second-order valence-corrected chi connectivity index (χ2v) is 3.92. The van der Waals surface area contributed by atoms with Crippen molar-refractivity contribution < 1.29 is 4.74 Å². The third kappa shape index (κ3) is 3.01. The SMILES string of the molecule is CCC(COC)Nc1cscc1C. The molecule has 1 aromatic rings. The molecule has 1 N–H and O–H groups in total. The second kappa shape index (κ2) is 5.25. The van der Waals surface area contributed by atoms with Crippen molar-refractivity contribution in [1.82, 2.24) is 0 Å². The van der Waals surface area contributed by atoms with Crippen molar-refractivity contribution in [3.05, 3.63) is 16.3 Å². The summed E-state index contributed by atoms with van der Waals surface area (Å²) in [6, 6.07) is 0.429. The summed E-state index contributed by atoms with van der Waals surface area (Å²) < 4.78 is 5.12. The summed E-state index contributed by atoms with van der Waals surface area (Å²) in [6.07, 6.45) is 1.09. The zero-order valence-electron chi connectivity index (χ0n) is 8.46. The number of aryl methyl sites for hydroxylation is 1. The van der Waals surface area contributed by atoms with Gasteiger partial charge in [0.15, 0.2) is 0 Å². The molecule has 0 spiro atoms. The summed E-state index contributed by atoms with van der Waals surface area (Å²) in [6.45, 7) is 5.06. The zero-order valence-corrected chi connectivity index (χ0v) is 9.28. The third-order valence-electron chi connectivity index (χ3n) is 2.08. The molecule has 0 fully saturated rings. The van der Waals surface area contributed by atoms with E-state index >= 15 is 0 Å². The number of hydrogen-bond donors (Lipinski definition) is 1. The van der Waals surface area contributed by atoms with Gasteiger partial charge in [-0.05, 0) is 24.3 Å². The molecule has 1 aromatic heterocycles. The smallest absolute Gasteiger partial charge is 0.0663 e. The molecule has 0 saturated heterocycles. The quantitative estimate of drug-likeness (QED) is 0.787. The molecule has 1 unspecified atom stereocenters. The highest BCUT2D eigenvalue weighted by molar-refractivity contribution is 7.08. The molecule has 0 aliphatic rings. The molecular weight excluding hydrogens is 182 g/mol. The molecule has 1 rings (SSSR count). The lowest BCUT2D eigenvalue weighted by molar-refractivity contribution is 0.184. The van der Waals surface area contributed by atoms with Gasteiger partial charge in [0.05, 0.1) is 6.61 Å². The number of ether oxygens (including phenoxy) is 1. The molecule has 1 atom stereocenters. The first kappa shape index (κ1) is 10.5. The van der Waals surface area contributed by atoms with E-state index in [4.69, 9.17) is 4.74 Å². The molecule has 3 heteroatoms. The van der Waals surface area contributed by atoms with Crippen LogP contribution in [0.2, 0.25) is 0 Å². The zero-order chi connectivity index (χ0) is 9.68. The van der Waals surface area contributed by atoms with Crippen molar-refractivity contribution in [2.45, 2.75) is 26.3 Å². The normalized spacial score (nSPS) is 12.8. The fraction of sp³-hybridized carbons (Fsp3) is 0.600. The number of rotatable bonds is 5. The minimum atomic E-state index is 0.429. The number of thiophene rings is 1. The Balaban J connectivity index is 2.51. The second-order valence-electron chi connectivity index (χ2n) is 3.17. The number of nitrogens with one attached hydrogen (secondary N) is 1. The Hall–Kier alpha value is -0.540. The fourth-order valence-electron chi connectivity index (χ4n) is 1.19. The van der Waals surface area contributed by atoms with E-state index in [1.54, 1.807) is 18.4 Å². The first-order chi connectivity index (χ1) is 6.27. The monoisotopic (exact) mass is 199 g/mol. The molecule has 0 bridgehead atoms. The van der Waals surface area contributed by atoms with Gasteiger partial charge in [0, 0.05) is 24.2 Å². The summed E-state index contributed by atoms with van der Waals surface area (Å²) in [7, 11) is 1.74. The molecule has 13 heavy (non-hydrogen) atoms. The molecular formula is C10H17NOS. The standard InChI is InChI=1S/C10H17NOS/c1-4-9(5-12-3)11-10-7-13-6-8(10)2/h6-7,9,11H,4-5H2,1-3H3. The van der Waals surface area contributed by atoms with Gasteiger partial charge in [-0.25, -0.2) is 0 Å². The summed E-state index contributed by atoms with van der Waals surface area (Å²) in [4.78, 5) is 0. The molecule has 0 amide bonds. The van der Waals surface area contributed by atoms with E-state index in [1.807, 2.05) is 0 Å². The fourth-order valence-corrected chi connectivity index (χ4v) is 1.98. The van der Waals surface area contributed by atoms with Crippen molar-refractivity contribution in [2.75, 3.05) is 19.0 Å². The van der Waals surface area contributed by atoms with Crippen LogP contribution in [-0.2, 0) is 4.74 Å². The van der Waals surface area contributed by atoms with Gasteiger partial charge in [0.1, 0.15) is 0 Å². The average Bonchev–Trinajstić information content (AvgIpc) is 2.51. The van der Waals surface area contributed by atoms with E-state index in [1.165, 1.54) is 11.3 Å². The van der Waals surface area contributed by atoms with Crippen LogP contribution in [0.25, 0.3) is 0 Å². The Kier molecular flexibility index (Phi) is 4.25. The van der Waals surface area contributed by atoms with E-state index in [2.05, 4.69) is 29.9 Å². The molecule has 2 nitrogen and oxygen atoms in total. The Bertz CT molecular complexity index is 247. The first-order valence-corrected chi connectivity index (χ1v) is 5.50. The third-order valence-corrected chi connectivity index (χ3v) is 2.94. The van der Waals surface area contributed by atoms with Crippen molar-refractivity contribution in [3.8, 4) is 0 Å². The molecule has 0 radical (unpaired) electrons. The van der Waals surface area contributed by atoms with Crippen molar-refractivity contribution in [3.63, 3.8) is 0 Å². The van der Waals surface area contributed by atoms with Gasteiger partial charge in [0.25, 0.3) is 0 Å². The van der Waals surface area contributed by atoms with Crippen LogP contribution in [0.3, 0.4) is 0 Å². The Morgan fingerprint density at radius 1 is 1.54 bits per heavy atom. The van der Waals surface area contributed by atoms with Crippen LogP contribution in [-0.4, -0.2) is 19.8 Å². The molecule has 0 saturated carbocycles. The van der Waals surface area contributed by atoms with Gasteiger partial charge in [0.2, 0.25) is 0 Å². The van der Waals surface area contributed by atoms with Crippen LogP contribution in [0, 0.1) is 6.92 Å². The van der Waals surface area contributed by atoms with Crippen LogP contribution in [0.1, 0.15) is 18.9 Å². The summed E-state index contributed by atoms with van der Waals surface area (Å²) >= 11 is 1.73. The predicted octanol–water partition coefficient (Wildman–Crippen LogP) is 2.89. The summed E-state index contributed by atoms with van der Waals surface area (Å²) in [5, 5.41) is 7.76. The van der Waals surface area contributed by atoms with E-state index in [0.717, 1.165) is 13.0 Å². The van der Waals surface area contributed by atoms with Gasteiger partial charge in [-0.3, -0.25) is 0 Å². The van der Waals surface area contributed by atoms with Crippen molar-refractivity contribution in [2.24, 2.45) is 0 Å². The van der Waals surface area contributed by atoms with Crippen LogP contribution in [0.5, 0.6) is 0 Å². The minimum Gasteiger partial charge on any atom is -0.383 e. The Labute approximate surface area is 83.9 Å². The maximum atomic E-state index is 5.12. The highest BCUT2D eigenvalue weighted by Crippen LogP contribution is 2.20. The molecule has 74 valence electrons. The maximum Gasteiger partial charge on any atom is 0.0663 e. The maximum absolute atomic E-state index is 5.12. The van der Waals surface area contributed by atoms with E-state index in [-0.39, 0.29) is 0 Å². The molecule has 0 aliphatic carbocycles. The highest BCUT2D eigenvalue weighted by atomic mass is 32.1. The van der Waals surface area contributed by atoms with Crippen LogP contribution in [0.15, 0.2) is 10.8 Å². The van der Waals surface area contributed by atoms with E-state index < -0.39 is 0 Å². The average molecular weight is 199 g/mol. The van der Waals surface area contributed by atoms with Crippen molar-refractivity contribution in [1.29, 1.82) is 0 Å². The van der Waals surface area contributed by atoms with Crippen LogP contribution in [0.4, 0.5) is 5.69 Å². The lowest BCUT2D eigenvalue weighted by atomic mass is 10.2. The predicted molar refractivity (Wildman–Crippen MR) is 58.6 cm³/mol. The minimum absolute atomic E-state index is 0.429. The Morgan fingerprint density at radius 2 is 2.31 bits per heavy atom. The van der Waals surface area contributed by atoms with Gasteiger partial charge in [-0.15, -0.1) is 11.3 Å². The number of methoxy groups -OCH3 is 1. The summed E-state index contributed by atoms with van der Waals surface area (Å²) in [5.41, 5.74) is 2.56. The molecule has 0 aromatic carbocycles. The summed E-state index contributed by atoms with van der Waals surface area (Å²) in [5.74, 6) is 0. The van der Waals surface area contributed by atoms with E-state index in [0.29, 0.717) is 6.04 Å². The molecule has 0 aliphatic heterocycles. The van der Waals surface area contributed by atoms with Crippen LogP contribution >= 0.6 is 11.3 Å². The lowest BCUT2D eigenvalue weighted by Crippen LogP contribution is -2.23. The van der Waals surface area contributed by atoms with E-state index in [9.17, 15) is 0 Å². The van der Waals surface area contributed by atoms with Crippen molar-refractivity contribution >= 4 is 17.0 Å². The topological polar surface area (TPSA) is 21.3 Å². The number of anilines is 1. The molecule has 1 heterocycles. The Morgan fingerprint density at radius 3 is 2.77 bits per heavy atom. The van der Waals surface area contributed by atoms with Gasteiger partial charge < -0.3 is 10.1 Å². The number of hydrogen-bond acceptors (Lipinski definition) is 3. The van der Waals surface area contributed by atoms with Gasteiger partial charge >= 0.3 is 0 Å². The highest BCUT2D eigenvalue weighted by Gasteiger charge is 2.06. The lowest BCUT2D eigenvalue weighted by Gasteiger charge is -2.16. The first-order valence-electron chi connectivity index (χ1n) is 4.56. The largest absolute Gasteiger partial charge is 0.383 e. The van der Waals surface area contributed by atoms with Gasteiger partial charge in [-0.1, -0.05) is 6.92 Å².